The van der Waals surface area contributed by atoms with Gasteiger partial charge in [-0.2, -0.15) is 0 Å². The summed E-state index contributed by atoms with van der Waals surface area (Å²) in [7, 11) is 0. The molecule has 3 heterocycles. The van der Waals surface area contributed by atoms with E-state index in [2.05, 4.69) is 201 Å². The van der Waals surface area contributed by atoms with Crippen LogP contribution in [0.1, 0.15) is 51.3 Å². The van der Waals surface area contributed by atoms with Crippen molar-refractivity contribution in [1.29, 1.82) is 0 Å². The Morgan fingerprint density at radius 2 is 1.15 bits per heavy atom. The third-order valence-corrected chi connectivity index (χ3v) is 11.1. The second kappa shape index (κ2) is 12.5. The fourth-order valence-electron chi connectivity index (χ4n) is 8.17. The molecule has 4 nitrogen and oxygen atoms in total. The summed E-state index contributed by atoms with van der Waals surface area (Å²) >= 11 is 0. The monoisotopic (exact) mass is 688 g/mol. The average molecular weight is 689 g/mol. The maximum Gasteiger partial charge on any atom is 0.137 e. The van der Waals surface area contributed by atoms with Crippen LogP contribution >= 0.6 is 0 Å². The van der Waals surface area contributed by atoms with E-state index < -0.39 is 0 Å². The summed E-state index contributed by atoms with van der Waals surface area (Å²) in [5.41, 5.74) is 13.2. The molecule has 53 heavy (non-hydrogen) atoms. The van der Waals surface area contributed by atoms with E-state index in [1.165, 1.54) is 61.3 Å². The molecule has 1 aliphatic heterocycles. The van der Waals surface area contributed by atoms with Crippen LogP contribution < -0.4 is 9.80 Å². The summed E-state index contributed by atoms with van der Waals surface area (Å²) in [5.74, 6) is 0.923. The Bertz CT molecular complexity index is 2610. The molecular formula is C49H44N4. The number of benzene rings is 6. The quantitative estimate of drug-likeness (QED) is 0.174. The zero-order valence-electron chi connectivity index (χ0n) is 31.1. The van der Waals surface area contributed by atoms with E-state index in [0.717, 1.165) is 23.5 Å². The lowest BCUT2D eigenvalue weighted by Crippen LogP contribution is -2.27. The summed E-state index contributed by atoms with van der Waals surface area (Å²) in [6, 6.07) is 57.5. The summed E-state index contributed by atoms with van der Waals surface area (Å²) in [6.45, 7) is 12.4. The molecule has 0 bridgehead atoms. The Labute approximate surface area is 312 Å². The molecule has 4 heteroatoms. The summed E-state index contributed by atoms with van der Waals surface area (Å²) in [4.78, 5) is 9.77. The molecule has 8 aromatic rings. The summed E-state index contributed by atoms with van der Waals surface area (Å²) in [6.07, 6.45) is 1.87. The Balaban J connectivity index is 1.21. The van der Waals surface area contributed by atoms with Crippen LogP contribution in [-0.2, 0) is 10.8 Å². The number of pyridine rings is 1. The molecule has 260 valence electrons. The number of rotatable bonds is 6. The highest BCUT2D eigenvalue weighted by Gasteiger charge is 2.33. The number of aromatic nitrogens is 2. The molecular weight excluding hydrogens is 645 g/mol. The maximum absolute atomic E-state index is 4.79. The van der Waals surface area contributed by atoms with Crippen molar-refractivity contribution >= 4 is 44.6 Å². The SMILES string of the molecule is CC(C)(C)c1ccccc1N1CN(c2cc(-c3ccccc3)cc(C(C)(C)c3ccc4c5ccccc5n(-c5ccccn5)c4c3)c2)c2ccccc21. The van der Waals surface area contributed by atoms with Crippen LogP contribution in [0.15, 0.2) is 164 Å². The molecule has 6 aromatic carbocycles. The highest BCUT2D eigenvalue weighted by molar-refractivity contribution is 6.09. The van der Waals surface area contributed by atoms with E-state index in [1.807, 2.05) is 12.3 Å². The smallest absolute Gasteiger partial charge is 0.137 e. The van der Waals surface area contributed by atoms with Gasteiger partial charge in [-0.15, -0.1) is 0 Å². The van der Waals surface area contributed by atoms with Crippen molar-refractivity contribution < 1.29 is 0 Å². The van der Waals surface area contributed by atoms with Gasteiger partial charge in [0.25, 0.3) is 0 Å². The van der Waals surface area contributed by atoms with E-state index >= 15 is 0 Å². The molecule has 0 unspecified atom stereocenters. The summed E-state index contributed by atoms with van der Waals surface area (Å²) in [5, 5.41) is 2.46. The normalized spacial score (nSPS) is 13.2. The molecule has 0 fully saturated rings. The third-order valence-electron chi connectivity index (χ3n) is 11.1. The minimum absolute atomic E-state index is 0.00670. The van der Waals surface area contributed by atoms with E-state index in [4.69, 9.17) is 4.98 Å². The Kier molecular flexibility index (Phi) is 7.74. The molecule has 0 spiro atoms. The van der Waals surface area contributed by atoms with E-state index in [0.29, 0.717) is 0 Å². The van der Waals surface area contributed by atoms with Crippen molar-refractivity contribution in [2.45, 2.75) is 45.4 Å². The molecule has 0 atom stereocenters. The van der Waals surface area contributed by atoms with Gasteiger partial charge < -0.3 is 9.80 Å². The zero-order chi connectivity index (χ0) is 36.3. The molecule has 0 saturated heterocycles. The van der Waals surface area contributed by atoms with Gasteiger partial charge in [-0.25, -0.2) is 4.98 Å². The Morgan fingerprint density at radius 3 is 1.91 bits per heavy atom. The number of hydrogen-bond acceptors (Lipinski definition) is 3. The molecule has 9 rings (SSSR count). The van der Waals surface area contributed by atoms with E-state index in [1.54, 1.807) is 0 Å². The molecule has 0 radical (unpaired) electrons. The number of hydrogen-bond donors (Lipinski definition) is 0. The summed E-state index contributed by atoms with van der Waals surface area (Å²) < 4.78 is 2.31. The average Bonchev–Trinajstić information content (AvgIpc) is 3.74. The lowest BCUT2D eigenvalue weighted by molar-refractivity contribution is 0.590. The van der Waals surface area contributed by atoms with Crippen molar-refractivity contribution in [2.24, 2.45) is 0 Å². The molecule has 0 aliphatic carbocycles. The fourth-order valence-corrected chi connectivity index (χ4v) is 8.17. The minimum atomic E-state index is -0.323. The van der Waals surface area contributed by atoms with Crippen LogP contribution in [0.2, 0.25) is 0 Å². The van der Waals surface area contributed by atoms with Crippen molar-refractivity contribution in [3.63, 3.8) is 0 Å². The van der Waals surface area contributed by atoms with Gasteiger partial charge in [0.15, 0.2) is 0 Å². The van der Waals surface area contributed by atoms with Crippen molar-refractivity contribution in [2.75, 3.05) is 16.5 Å². The minimum Gasteiger partial charge on any atom is -0.321 e. The van der Waals surface area contributed by atoms with Crippen molar-refractivity contribution in [1.82, 2.24) is 9.55 Å². The molecule has 0 amide bonds. The van der Waals surface area contributed by atoms with Crippen LogP contribution in [0, 0.1) is 0 Å². The molecule has 0 N–H and O–H groups in total. The molecule has 0 saturated carbocycles. The van der Waals surface area contributed by atoms with Crippen LogP contribution in [0.3, 0.4) is 0 Å². The largest absolute Gasteiger partial charge is 0.321 e. The van der Waals surface area contributed by atoms with Gasteiger partial charge in [0.05, 0.1) is 22.4 Å². The van der Waals surface area contributed by atoms with Crippen LogP contribution in [0.25, 0.3) is 38.8 Å². The van der Waals surface area contributed by atoms with Crippen LogP contribution in [-0.4, -0.2) is 16.2 Å². The Hall–Kier alpha value is -6.13. The number of nitrogens with zero attached hydrogens (tertiary/aromatic N) is 4. The predicted octanol–water partition coefficient (Wildman–Crippen LogP) is 12.7. The highest BCUT2D eigenvalue weighted by atomic mass is 15.4. The second-order valence-electron chi connectivity index (χ2n) is 15.8. The lowest BCUT2D eigenvalue weighted by Gasteiger charge is -2.31. The molecule has 2 aromatic heterocycles. The second-order valence-corrected chi connectivity index (χ2v) is 15.8. The first-order valence-electron chi connectivity index (χ1n) is 18.6. The van der Waals surface area contributed by atoms with Gasteiger partial charge in [-0.05, 0) is 87.8 Å². The van der Waals surface area contributed by atoms with Crippen molar-refractivity contribution in [3.05, 3.63) is 181 Å². The van der Waals surface area contributed by atoms with E-state index in [9.17, 15) is 0 Å². The number of anilines is 4. The first kappa shape index (κ1) is 32.8. The van der Waals surface area contributed by atoms with Gasteiger partial charge in [-0.1, -0.05) is 138 Å². The number of para-hydroxylation sites is 4. The highest BCUT2D eigenvalue weighted by Crippen LogP contribution is 2.48. The van der Waals surface area contributed by atoms with Gasteiger partial charge in [0.2, 0.25) is 0 Å². The fraction of sp³-hybridized carbons (Fsp3) is 0.163. The van der Waals surface area contributed by atoms with E-state index in [-0.39, 0.29) is 10.8 Å². The number of fused-ring (bicyclic) bond motifs is 4. The van der Waals surface area contributed by atoms with Gasteiger partial charge in [0.1, 0.15) is 12.5 Å². The lowest BCUT2D eigenvalue weighted by atomic mass is 9.77. The maximum atomic E-state index is 4.79. The first-order valence-corrected chi connectivity index (χ1v) is 18.6. The Morgan fingerprint density at radius 1 is 0.491 bits per heavy atom. The third kappa shape index (κ3) is 5.57. The predicted molar refractivity (Wildman–Crippen MR) is 223 cm³/mol. The molecule has 1 aliphatic rings. The van der Waals surface area contributed by atoms with Gasteiger partial charge in [0, 0.05) is 33.8 Å². The topological polar surface area (TPSA) is 24.3 Å². The standard InChI is InChI=1S/C49H44N4/c1-48(2,3)41-20-10-12-22-43(41)52-33-51(44-23-13-14-24-45(44)52)38-30-35(34-17-7-6-8-18-34)29-37(31-38)49(4,5)36-26-27-40-39-19-9-11-21-42(39)53(46(40)32-36)47-25-15-16-28-50-47/h6-32H,33H2,1-5H3. The van der Waals surface area contributed by atoms with Crippen molar-refractivity contribution in [3.8, 4) is 16.9 Å². The van der Waals surface area contributed by atoms with Crippen LogP contribution in [0.5, 0.6) is 0 Å². The van der Waals surface area contributed by atoms with Gasteiger partial charge >= 0.3 is 0 Å². The van der Waals surface area contributed by atoms with Crippen LogP contribution in [0.4, 0.5) is 22.7 Å². The first-order chi connectivity index (χ1) is 25.7. The van der Waals surface area contributed by atoms with Gasteiger partial charge in [-0.3, -0.25) is 4.57 Å². The zero-order valence-corrected chi connectivity index (χ0v) is 31.1.